The Morgan fingerprint density at radius 2 is 2.21 bits per heavy atom. The molecule has 0 spiro atoms. The maximum Gasteiger partial charge on any atom is 0.161 e. The average Bonchev–Trinajstić information content (AvgIpc) is 2.80. The van der Waals surface area contributed by atoms with Crippen molar-refractivity contribution in [1.29, 1.82) is 0 Å². The van der Waals surface area contributed by atoms with Crippen molar-refractivity contribution in [2.24, 2.45) is 0 Å². The first-order valence-corrected chi connectivity index (χ1v) is 5.99. The van der Waals surface area contributed by atoms with Gasteiger partial charge in [0, 0.05) is 5.56 Å². The minimum absolute atomic E-state index is 0.110. The monoisotopic (exact) mass is 261 g/mol. The fourth-order valence-electron chi connectivity index (χ4n) is 1.92. The standard InChI is InChI=1S/C13H15N3O3/c1-17-12-4-8(10-5-15-16-13(10)14)2-3-11(12)19-9-6-18-7-9/h2-5,9H,6-7H2,1H3,(H3,14,15,16). The van der Waals surface area contributed by atoms with Gasteiger partial charge in [0.05, 0.1) is 26.5 Å². The lowest BCUT2D eigenvalue weighted by molar-refractivity contribution is -0.0803. The first-order chi connectivity index (χ1) is 9.28. The van der Waals surface area contributed by atoms with Crippen LogP contribution in [0, 0.1) is 0 Å². The number of aromatic nitrogens is 2. The van der Waals surface area contributed by atoms with Gasteiger partial charge in [-0.15, -0.1) is 0 Å². The number of nitrogens with two attached hydrogens (primary N) is 1. The van der Waals surface area contributed by atoms with E-state index < -0.39 is 0 Å². The van der Waals surface area contributed by atoms with Crippen molar-refractivity contribution in [2.45, 2.75) is 6.10 Å². The summed E-state index contributed by atoms with van der Waals surface area (Å²) in [7, 11) is 1.61. The number of rotatable bonds is 4. The van der Waals surface area contributed by atoms with Crippen molar-refractivity contribution >= 4 is 5.82 Å². The second-order valence-electron chi connectivity index (χ2n) is 4.34. The van der Waals surface area contributed by atoms with E-state index >= 15 is 0 Å². The number of H-pyrrole nitrogens is 1. The Kier molecular flexibility index (Phi) is 3.00. The van der Waals surface area contributed by atoms with Crippen molar-refractivity contribution in [3.05, 3.63) is 24.4 Å². The summed E-state index contributed by atoms with van der Waals surface area (Å²) < 4.78 is 16.2. The quantitative estimate of drug-likeness (QED) is 0.870. The molecule has 0 bridgehead atoms. The van der Waals surface area contributed by atoms with Gasteiger partial charge in [0.2, 0.25) is 0 Å². The molecule has 1 fully saturated rings. The Hall–Kier alpha value is -2.21. The first kappa shape index (κ1) is 11.9. The van der Waals surface area contributed by atoms with Crippen LogP contribution in [-0.4, -0.2) is 36.6 Å². The number of methoxy groups -OCH3 is 1. The van der Waals surface area contributed by atoms with Gasteiger partial charge < -0.3 is 19.9 Å². The van der Waals surface area contributed by atoms with E-state index in [1.165, 1.54) is 0 Å². The number of ether oxygens (including phenoxy) is 3. The molecule has 19 heavy (non-hydrogen) atoms. The molecule has 1 aromatic carbocycles. The van der Waals surface area contributed by atoms with Gasteiger partial charge in [-0.1, -0.05) is 6.07 Å². The van der Waals surface area contributed by atoms with E-state index in [0.29, 0.717) is 30.5 Å². The molecule has 2 aromatic rings. The van der Waals surface area contributed by atoms with Crippen LogP contribution in [0.1, 0.15) is 0 Å². The molecule has 1 saturated heterocycles. The summed E-state index contributed by atoms with van der Waals surface area (Å²) in [5.74, 6) is 1.91. The van der Waals surface area contributed by atoms with Gasteiger partial charge in [-0.05, 0) is 17.7 Å². The summed E-state index contributed by atoms with van der Waals surface area (Å²) in [6.45, 7) is 1.25. The Morgan fingerprint density at radius 3 is 2.79 bits per heavy atom. The fourth-order valence-corrected chi connectivity index (χ4v) is 1.92. The number of hydrogen-bond donors (Lipinski definition) is 2. The highest BCUT2D eigenvalue weighted by molar-refractivity contribution is 5.75. The molecular weight excluding hydrogens is 246 g/mol. The summed E-state index contributed by atoms with van der Waals surface area (Å²) >= 11 is 0. The van der Waals surface area contributed by atoms with E-state index in [1.54, 1.807) is 13.3 Å². The average molecular weight is 261 g/mol. The molecule has 0 saturated carbocycles. The smallest absolute Gasteiger partial charge is 0.161 e. The van der Waals surface area contributed by atoms with Crippen molar-refractivity contribution in [2.75, 3.05) is 26.1 Å². The van der Waals surface area contributed by atoms with Gasteiger partial charge in [-0.25, -0.2) is 0 Å². The molecule has 0 radical (unpaired) electrons. The summed E-state index contributed by atoms with van der Waals surface area (Å²) in [5.41, 5.74) is 7.58. The Bertz CT molecular complexity index is 578. The van der Waals surface area contributed by atoms with Gasteiger partial charge in [0.15, 0.2) is 11.5 Å². The third kappa shape index (κ3) is 2.22. The number of nitrogen functional groups attached to an aromatic ring is 1. The van der Waals surface area contributed by atoms with Crippen LogP contribution in [0.2, 0.25) is 0 Å². The molecule has 0 aliphatic carbocycles. The predicted octanol–water partition coefficient (Wildman–Crippen LogP) is 1.45. The molecule has 1 aliphatic heterocycles. The summed E-state index contributed by atoms with van der Waals surface area (Å²) in [6.07, 6.45) is 1.79. The number of hydrogen-bond acceptors (Lipinski definition) is 5. The van der Waals surface area contributed by atoms with Crippen LogP contribution >= 0.6 is 0 Å². The lowest BCUT2D eigenvalue weighted by Crippen LogP contribution is -2.38. The van der Waals surface area contributed by atoms with E-state index in [4.69, 9.17) is 19.9 Å². The maximum atomic E-state index is 5.81. The van der Waals surface area contributed by atoms with Crippen LogP contribution in [0.15, 0.2) is 24.4 Å². The normalized spacial score (nSPS) is 15.0. The summed E-state index contributed by atoms with van der Waals surface area (Å²) in [6, 6.07) is 5.69. The lowest BCUT2D eigenvalue weighted by Gasteiger charge is -2.27. The van der Waals surface area contributed by atoms with Gasteiger partial charge in [-0.2, -0.15) is 5.10 Å². The van der Waals surface area contributed by atoms with Crippen LogP contribution in [0.25, 0.3) is 11.1 Å². The Morgan fingerprint density at radius 1 is 1.37 bits per heavy atom. The molecule has 0 amide bonds. The highest BCUT2D eigenvalue weighted by Crippen LogP contribution is 2.34. The number of nitrogens with one attached hydrogen (secondary N) is 1. The molecule has 0 unspecified atom stereocenters. The molecule has 6 heteroatoms. The third-order valence-corrected chi connectivity index (χ3v) is 3.04. The topological polar surface area (TPSA) is 82.4 Å². The van der Waals surface area contributed by atoms with Gasteiger partial charge in [0.25, 0.3) is 0 Å². The van der Waals surface area contributed by atoms with E-state index in [1.807, 2.05) is 18.2 Å². The Labute approximate surface area is 110 Å². The zero-order valence-electron chi connectivity index (χ0n) is 10.6. The van der Waals surface area contributed by atoms with Crippen molar-refractivity contribution in [3.8, 4) is 22.6 Å². The SMILES string of the molecule is COc1cc(-c2cn[nH]c2N)ccc1OC1COC1. The highest BCUT2D eigenvalue weighted by atomic mass is 16.6. The van der Waals surface area contributed by atoms with Crippen LogP contribution in [0.3, 0.4) is 0 Å². The van der Waals surface area contributed by atoms with E-state index in [9.17, 15) is 0 Å². The van der Waals surface area contributed by atoms with Crippen LogP contribution < -0.4 is 15.2 Å². The fraction of sp³-hybridized carbons (Fsp3) is 0.308. The number of anilines is 1. The molecule has 2 heterocycles. The zero-order valence-corrected chi connectivity index (χ0v) is 10.6. The zero-order chi connectivity index (χ0) is 13.2. The summed E-state index contributed by atoms with van der Waals surface area (Å²) in [4.78, 5) is 0. The highest BCUT2D eigenvalue weighted by Gasteiger charge is 2.22. The molecule has 3 N–H and O–H groups in total. The predicted molar refractivity (Wildman–Crippen MR) is 70.2 cm³/mol. The second kappa shape index (κ2) is 4.81. The third-order valence-electron chi connectivity index (χ3n) is 3.04. The van der Waals surface area contributed by atoms with Crippen molar-refractivity contribution in [3.63, 3.8) is 0 Å². The van der Waals surface area contributed by atoms with Crippen molar-refractivity contribution < 1.29 is 14.2 Å². The van der Waals surface area contributed by atoms with Crippen LogP contribution in [-0.2, 0) is 4.74 Å². The van der Waals surface area contributed by atoms with Gasteiger partial charge in [0.1, 0.15) is 11.9 Å². The molecule has 0 atom stereocenters. The molecule has 3 rings (SSSR count). The van der Waals surface area contributed by atoms with Gasteiger partial charge >= 0.3 is 0 Å². The van der Waals surface area contributed by atoms with E-state index in [-0.39, 0.29) is 6.10 Å². The number of aromatic amines is 1. The lowest BCUT2D eigenvalue weighted by atomic mass is 10.1. The molecule has 6 nitrogen and oxygen atoms in total. The molecule has 100 valence electrons. The molecule has 1 aromatic heterocycles. The van der Waals surface area contributed by atoms with Crippen LogP contribution in [0.5, 0.6) is 11.5 Å². The van der Waals surface area contributed by atoms with E-state index in [0.717, 1.165) is 11.1 Å². The number of benzene rings is 1. The number of nitrogens with zero attached hydrogens (tertiary/aromatic N) is 1. The second-order valence-corrected chi connectivity index (χ2v) is 4.34. The molecule has 1 aliphatic rings. The maximum absolute atomic E-state index is 5.81. The minimum atomic E-state index is 0.110. The van der Waals surface area contributed by atoms with Crippen molar-refractivity contribution in [1.82, 2.24) is 10.2 Å². The van der Waals surface area contributed by atoms with E-state index in [2.05, 4.69) is 10.2 Å². The summed E-state index contributed by atoms with van der Waals surface area (Å²) in [5, 5.41) is 6.62. The largest absolute Gasteiger partial charge is 0.493 e. The Balaban J connectivity index is 1.90. The first-order valence-electron chi connectivity index (χ1n) is 5.99. The van der Waals surface area contributed by atoms with Crippen LogP contribution in [0.4, 0.5) is 5.82 Å². The minimum Gasteiger partial charge on any atom is -0.493 e. The van der Waals surface area contributed by atoms with Gasteiger partial charge in [-0.3, -0.25) is 5.10 Å². The molecular formula is C13H15N3O3.